The predicted octanol–water partition coefficient (Wildman–Crippen LogP) is 9.52. The van der Waals surface area contributed by atoms with Crippen molar-refractivity contribution in [2.75, 3.05) is 30.0 Å². The fourth-order valence-electron chi connectivity index (χ4n) is 7.99. The van der Waals surface area contributed by atoms with E-state index in [0.717, 1.165) is 71.7 Å². The first-order valence-electron chi connectivity index (χ1n) is 18.4. The Morgan fingerprint density at radius 2 is 1.76 bits per heavy atom. The molecule has 2 aromatic heterocycles. The van der Waals surface area contributed by atoms with Crippen LogP contribution in [0.5, 0.6) is 0 Å². The van der Waals surface area contributed by atoms with Gasteiger partial charge in [-0.1, -0.05) is 24.3 Å². The number of ketones is 1. The van der Waals surface area contributed by atoms with E-state index in [1.165, 1.54) is 11.3 Å². The second kappa shape index (κ2) is 14.3. The van der Waals surface area contributed by atoms with Gasteiger partial charge in [-0.3, -0.25) is 19.4 Å². The van der Waals surface area contributed by atoms with Crippen molar-refractivity contribution in [3.63, 3.8) is 0 Å². The summed E-state index contributed by atoms with van der Waals surface area (Å²) < 4.78 is 32.4. The number of fused-ring (bicyclic) bond motifs is 1. The number of hydrogen-bond acceptors (Lipinski definition) is 7. The molecule has 0 radical (unpaired) electrons. The first kappa shape index (κ1) is 35.9. The number of nitrogens with one attached hydrogen (secondary N) is 2. The van der Waals surface area contributed by atoms with Gasteiger partial charge in [0.15, 0.2) is 0 Å². The minimum atomic E-state index is -2.80. The molecule has 2 amide bonds. The predicted molar refractivity (Wildman–Crippen MR) is 208 cm³/mol. The quantitative estimate of drug-likeness (QED) is 0.138. The summed E-state index contributed by atoms with van der Waals surface area (Å²) >= 11 is 1.24. The highest BCUT2D eigenvalue weighted by atomic mass is 32.1. The fraction of sp³-hybridized carbons (Fsp3) is 0.326. The maximum absolute atomic E-state index is 14.1. The zero-order valence-electron chi connectivity index (χ0n) is 29.9. The van der Waals surface area contributed by atoms with Crippen LogP contribution in [0, 0.1) is 23.7 Å². The first-order chi connectivity index (χ1) is 26.0. The Bertz CT molecular complexity index is 2230. The normalized spacial score (nSPS) is 18.9. The van der Waals surface area contributed by atoms with Crippen molar-refractivity contribution in [2.45, 2.75) is 57.8 Å². The monoisotopic (exact) mass is 746 g/mol. The summed E-state index contributed by atoms with van der Waals surface area (Å²) in [4.78, 5) is 48.4. The van der Waals surface area contributed by atoms with Gasteiger partial charge in [-0.25, -0.2) is 8.78 Å². The van der Waals surface area contributed by atoms with Crippen molar-refractivity contribution in [3.8, 4) is 0 Å². The summed E-state index contributed by atoms with van der Waals surface area (Å²) in [6.07, 6.45) is 9.50. The smallest absolute Gasteiger partial charge is 0.258 e. The molecule has 4 aromatic rings. The number of nitrogens with zero attached hydrogens (tertiary/aromatic N) is 2. The number of aryl methyl sites for hydroxylation is 1. The van der Waals surface area contributed by atoms with Gasteiger partial charge >= 0.3 is 0 Å². The topological polar surface area (TPSA) is 112 Å². The molecule has 0 bridgehead atoms. The van der Waals surface area contributed by atoms with Crippen LogP contribution in [0.3, 0.4) is 0 Å². The maximum atomic E-state index is 14.1. The van der Waals surface area contributed by atoms with Crippen molar-refractivity contribution in [2.24, 2.45) is 11.3 Å². The molecule has 1 spiro atoms. The average Bonchev–Trinajstić information content (AvgIpc) is 3.77. The highest BCUT2D eigenvalue weighted by molar-refractivity contribution is 7.16. The molecule has 2 N–H and O–H groups in total. The lowest BCUT2D eigenvalue weighted by molar-refractivity contribution is -0.0909. The van der Waals surface area contributed by atoms with Crippen LogP contribution in [0.25, 0.3) is 17.2 Å². The molecule has 8 nitrogen and oxygen atoms in total. The van der Waals surface area contributed by atoms with E-state index in [2.05, 4.69) is 11.4 Å². The number of halogens is 2. The number of Topliss-reactive ketones (excluding diaryl/α,β-unsaturated/α-hetero) is 1. The minimum Gasteiger partial charge on any atom is -0.381 e. The molecule has 2 fully saturated rings. The van der Waals surface area contributed by atoms with E-state index in [-0.39, 0.29) is 22.9 Å². The second-order valence-electron chi connectivity index (χ2n) is 15.0. The lowest BCUT2D eigenvalue weighted by atomic mass is 9.77. The van der Waals surface area contributed by atoms with Gasteiger partial charge in [-0.05, 0) is 121 Å². The molecule has 1 saturated carbocycles. The molecule has 2 aromatic carbocycles. The Morgan fingerprint density at radius 1 is 1.00 bits per heavy atom. The largest absolute Gasteiger partial charge is 0.381 e. The number of ether oxygens (including phenoxy) is 1. The number of carbonyl (C=O) groups is 3. The average molecular weight is 747 g/mol. The summed E-state index contributed by atoms with van der Waals surface area (Å²) in [5, 5.41) is 11.2. The Balaban J connectivity index is 0.952. The number of para-hydroxylation sites is 1. The number of rotatable bonds is 8. The molecule has 1 saturated heterocycles. The van der Waals surface area contributed by atoms with Gasteiger partial charge in [0.05, 0.1) is 27.5 Å². The molecule has 11 heteroatoms. The third kappa shape index (κ3) is 7.10. The Kier molecular flexibility index (Phi) is 9.48. The van der Waals surface area contributed by atoms with E-state index < -0.39 is 30.5 Å². The molecule has 4 aliphatic rings. The van der Waals surface area contributed by atoms with Gasteiger partial charge in [-0.15, -0.1) is 11.3 Å². The number of allylic oxidation sites excluding steroid dienone is 2. The van der Waals surface area contributed by atoms with Gasteiger partial charge in [0.25, 0.3) is 11.8 Å². The van der Waals surface area contributed by atoms with Crippen molar-refractivity contribution < 1.29 is 27.9 Å². The van der Waals surface area contributed by atoms with Crippen molar-refractivity contribution in [3.05, 3.63) is 117 Å². The van der Waals surface area contributed by atoms with Crippen LogP contribution in [0.4, 0.5) is 20.2 Å². The van der Waals surface area contributed by atoms with Gasteiger partial charge in [-0.2, -0.15) is 0 Å². The molecule has 8 rings (SSSR count). The zero-order valence-corrected chi connectivity index (χ0v) is 30.7. The molecule has 276 valence electrons. The second-order valence-corrected chi connectivity index (χ2v) is 16.0. The zero-order chi connectivity index (χ0) is 37.6. The van der Waals surface area contributed by atoms with Gasteiger partial charge < -0.3 is 20.4 Å². The van der Waals surface area contributed by atoms with Crippen LogP contribution in [0.2, 0.25) is 0 Å². The summed E-state index contributed by atoms with van der Waals surface area (Å²) in [5.74, 6) is -4.47. The number of hydrogen-bond donors (Lipinski definition) is 2. The van der Waals surface area contributed by atoms with Crippen LogP contribution in [0.1, 0.15) is 97.0 Å². The Hall–Kier alpha value is -5.13. The molecule has 2 aliphatic heterocycles. The van der Waals surface area contributed by atoms with E-state index in [0.29, 0.717) is 40.4 Å². The van der Waals surface area contributed by atoms with Crippen molar-refractivity contribution in [1.82, 2.24) is 4.98 Å². The van der Waals surface area contributed by atoms with Crippen molar-refractivity contribution >= 4 is 63.2 Å². The molecule has 0 atom stereocenters. The minimum absolute atomic E-state index is 0.183. The van der Waals surface area contributed by atoms with Gasteiger partial charge in [0.2, 0.25) is 11.7 Å². The number of thiophene rings is 1. The lowest BCUT2D eigenvalue weighted by Crippen LogP contribution is -2.42. The standard InChI is InChI=1S/C43H40F2N4O4S/c1-26-20-33(38(47-25-26)30-12-14-42(22-30)15-18-53-19-16-42)40(51)48-32-8-6-27(7-9-32)41(52)49-17-13-29(21-28-4-2-3-5-34(28)49)35-10-11-36(54-35)39(50)37(46)31-23-43(44,45)24-31/h2-12,20-21,25,31,46H,13-19,22-24H2,1H3,(H,48,51). The van der Waals surface area contributed by atoms with Gasteiger partial charge in [0, 0.05) is 60.8 Å². The van der Waals surface area contributed by atoms with E-state index in [9.17, 15) is 23.2 Å². The van der Waals surface area contributed by atoms with E-state index >= 15 is 0 Å². The number of anilines is 2. The third-order valence-corrected chi connectivity index (χ3v) is 12.3. The highest BCUT2D eigenvalue weighted by Crippen LogP contribution is 2.48. The Labute approximate surface area is 316 Å². The molecule has 4 heterocycles. The Morgan fingerprint density at radius 3 is 2.52 bits per heavy atom. The number of benzene rings is 2. The SMILES string of the molecule is Cc1cnc(C2=CCC3(CCOCC3)C2)c(C(=O)Nc2ccc(C(=O)N3CCC(c4ccc(C(=O)C(=N)C5CC(F)(F)C5)s4)=Cc4ccccc43)cc2)c1. The third-order valence-electron chi connectivity index (χ3n) is 11.2. The number of alkyl halides is 2. The maximum Gasteiger partial charge on any atom is 0.258 e. The summed E-state index contributed by atoms with van der Waals surface area (Å²) in [6.45, 7) is 3.83. The van der Waals surface area contributed by atoms with Crippen LogP contribution >= 0.6 is 11.3 Å². The number of pyridine rings is 1. The summed E-state index contributed by atoms with van der Waals surface area (Å²) in [5.41, 5.74) is 6.71. The van der Waals surface area contributed by atoms with Crippen LogP contribution in [-0.4, -0.2) is 54.0 Å². The van der Waals surface area contributed by atoms with Crippen LogP contribution in [-0.2, 0) is 4.74 Å². The van der Waals surface area contributed by atoms with E-state index in [1.54, 1.807) is 41.4 Å². The molecular formula is C43H40F2N4O4S. The molecular weight excluding hydrogens is 707 g/mol. The fourth-order valence-corrected chi connectivity index (χ4v) is 9.00. The van der Waals surface area contributed by atoms with Crippen LogP contribution in [0.15, 0.2) is 79.0 Å². The van der Waals surface area contributed by atoms with Crippen molar-refractivity contribution in [1.29, 1.82) is 5.41 Å². The summed E-state index contributed by atoms with van der Waals surface area (Å²) in [7, 11) is 0. The molecule has 2 aliphatic carbocycles. The van der Waals surface area contributed by atoms with E-state index in [1.807, 2.05) is 49.4 Å². The van der Waals surface area contributed by atoms with Crippen LogP contribution < -0.4 is 10.2 Å². The molecule has 54 heavy (non-hydrogen) atoms. The number of aromatic nitrogens is 1. The summed E-state index contributed by atoms with van der Waals surface area (Å²) in [6, 6.07) is 19.9. The van der Waals surface area contributed by atoms with Gasteiger partial charge in [0.1, 0.15) is 0 Å². The number of amides is 2. The lowest BCUT2D eigenvalue weighted by Gasteiger charge is -2.34. The first-order valence-corrected chi connectivity index (χ1v) is 19.2. The van der Waals surface area contributed by atoms with E-state index in [4.69, 9.17) is 15.1 Å². The number of carbonyl (C=O) groups excluding carboxylic acids is 3. The highest BCUT2D eigenvalue weighted by Gasteiger charge is 2.48. The molecule has 0 unspecified atom stereocenters.